The molecule has 2 aromatic carbocycles. The molecule has 1 amide bonds. The summed E-state index contributed by atoms with van der Waals surface area (Å²) in [6.07, 6.45) is 3.66. The summed E-state index contributed by atoms with van der Waals surface area (Å²) in [5.41, 5.74) is 0.647. The van der Waals surface area contributed by atoms with E-state index < -0.39 is 21.7 Å². The van der Waals surface area contributed by atoms with Crippen LogP contribution in [0.5, 0.6) is 5.75 Å². The van der Waals surface area contributed by atoms with Gasteiger partial charge in [-0.05, 0) is 48.4 Å². The third-order valence-electron chi connectivity index (χ3n) is 5.47. The molecule has 3 aromatic rings. The summed E-state index contributed by atoms with van der Waals surface area (Å²) >= 11 is 0. The highest BCUT2D eigenvalue weighted by Gasteiger charge is 2.26. The first-order valence-corrected chi connectivity index (χ1v) is 12.3. The Morgan fingerprint density at radius 3 is 2.59 bits per heavy atom. The van der Waals surface area contributed by atoms with Crippen molar-refractivity contribution < 1.29 is 22.3 Å². The predicted molar refractivity (Wildman–Crippen MR) is 122 cm³/mol. The molecule has 1 N–H and O–H groups in total. The van der Waals surface area contributed by atoms with Crippen LogP contribution in [0.3, 0.4) is 0 Å². The van der Waals surface area contributed by atoms with E-state index in [1.807, 2.05) is 0 Å². The Kier molecular flexibility index (Phi) is 7.17. The Hall–Kier alpha value is -3.38. The number of nitrogens with zero attached hydrogens (tertiary/aromatic N) is 5. The fourth-order valence-electron chi connectivity index (χ4n) is 3.75. The van der Waals surface area contributed by atoms with E-state index >= 15 is 0 Å². The largest absolute Gasteiger partial charge is 0.495 e. The molecule has 2 heterocycles. The topological polar surface area (TPSA) is 119 Å². The van der Waals surface area contributed by atoms with Crippen LogP contribution >= 0.6 is 0 Å². The lowest BCUT2D eigenvalue weighted by Crippen LogP contribution is -2.32. The number of sulfonamides is 1. The van der Waals surface area contributed by atoms with Crippen molar-refractivity contribution in [2.24, 2.45) is 0 Å². The molecule has 1 aliphatic heterocycles. The highest BCUT2D eigenvalue weighted by Crippen LogP contribution is 2.30. The molecule has 1 aromatic heterocycles. The zero-order valence-corrected chi connectivity index (χ0v) is 19.5. The minimum absolute atomic E-state index is 0.0813. The van der Waals surface area contributed by atoms with Crippen molar-refractivity contribution in [1.82, 2.24) is 24.5 Å². The number of methoxy groups -OCH3 is 1. The van der Waals surface area contributed by atoms with Gasteiger partial charge in [-0.25, -0.2) is 12.8 Å². The summed E-state index contributed by atoms with van der Waals surface area (Å²) in [4.78, 5) is 13.8. The summed E-state index contributed by atoms with van der Waals surface area (Å²) in [5.74, 6) is -0.454. The first-order chi connectivity index (χ1) is 16.4. The van der Waals surface area contributed by atoms with Crippen LogP contribution in [0.1, 0.15) is 25.7 Å². The van der Waals surface area contributed by atoms with Crippen LogP contribution in [0, 0.1) is 5.82 Å². The predicted octanol–water partition coefficient (Wildman–Crippen LogP) is 2.69. The summed E-state index contributed by atoms with van der Waals surface area (Å²) in [5, 5.41) is 14.5. The minimum Gasteiger partial charge on any atom is -0.495 e. The molecule has 10 nitrogen and oxygen atoms in total. The summed E-state index contributed by atoms with van der Waals surface area (Å²) < 4.78 is 46.5. The van der Waals surface area contributed by atoms with Crippen LogP contribution < -0.4 is 10.1 Å². The van der Waals surface area contributed by atoms with Gasteiger partial charge in [0.25, 0.3) is 0 Å². The van der Waals surface area contributed by atoms with Crippen molar-refractivity contribution in [1.29, 1.82) is 0 Å². The maximum absolute atomic E-state index is 13.4. The van der Waals surface area contributed by atoms with Gasteiger partial charge in [-0.15, -0.1) is 10.2 Å². The van der Waals surface area contributed by atoms with Crippen molar-refractivity contribution in [3.05, 3.63) is 48.3 Å². The number of amides is 1. The van der Waals surface area contributed by atoms with Gasteiger partial charge in [0.15, 0.2) is 0 Å². The van der Waals surface area contributed by atoms with Gasteiger partial charge < -0.3 is 10.1 Å². The Labute approximate surface area is 196 Å². The van der Waals surface area contributed by atoms with E-state index in [4.69, 9.17) is 4.74 Å². The molecule has 4 rings (SSSR count). The van der Waals surface area contributed by atoms with E-state index in [0.29, 0.717) is 24.4 Å². The van der Waals surface area contributed by atoms with E-state index in [2.05, 4.69) is 20.7 Å². The first kappa shape index (κ1) is 23.8. The molecule has 0 bridgehead atoms. The smallest absolute Gasteiger partial charge is 0.248 e. The average molecular weight is 489 g/mol. The second kappa shape index (κ2) is 10.3. The molecule has 1 aliphatic rings. The van der Waals surface area contributed by atoms with E-state index in [-0.39, 0.29) is 23.0 Å². The summed E-state index contributed by atoms with van der Waals surface area (Å²) in [7, 11) is -2.27. The second-order valence-electron chi connectivity index (χ2n) is 7.88. The molecule has 0 spiro atoms. The summed E-state index contributed by atoms with van der Waals surface area (Å²) in [6, 6.07) is 10.1. The van der Waals surface area contributed by atoms with Gasteiger partial charge in [0.2, 0.25) is 21.8 Å². The normalized spacial score (nSPS) is 15.0. The van der Waals surface area contributed by atoms with Crippen LogP contribution in [-0.2, 0) is 21.4 Å². The first-order valence-electron chi connectivity index (χ1n) is 10.9. The number of hydrogen-bond donors (Lipinski definition) is 1. The monoisotopic (exact) mass is 488 g/mol. The lowest BCUT2D eigenvalue weighted by molar-refractivity contribution is -0.117. The van der Waals surface area contributed by atoms with E-state index in [0.717, 1.165) is 30.5 Å². The number of rotatable bonds is 7. The lowest BCUT2D eigenvalue weighted by atomic mass is 10.2. The number of benzene rings is 2. The third kappa shape index (κ3) is 5.39. The van der Waals surface area contributed by atoms with Crippen LogP contribution in [-0.4, -0.2) is 59.0 Å². The molecule has 0 atom stereocenters. The highest BCUT2D eigenvalue weighted by atomic mass is 32.2. The van der Waals surface area contributed by atoms with Gasteiger partial charge in [-0.3, -0.25) is 4.79 Å². The number of hydrogen-bond acceptors (Lipinski definition) is 7. The molecule has 12 heteroatoms. The number of aromatic nitrogens is 4. The molecule has 34 heavy (non-hydrogen) atoms. The highest BCUT2D eigenvalue weighted by molar-refractivity contribution is 7.89. The Morgan fingerprint density at radius 1 is 1.12 bits per heavy atom. The number of halogens is 1. The Balaban J connectivity index is 1.50. The molecule has 180 valence electrons. The standard InChI is InChI=1S/C22H25FN6O4S/c1-33-20-10-9-18(34(31,32)28-11-4-2-3-5-12-28)14-19(20)24-21(30)15-29-26-22(25-27-29)16-7-6-8-17(23)13-16/h6-10,13-14H,2-5,11-12,15H2,1H3,(H,24,30). The molecule has 0 unspecified atom stereocenters. The fourth-order valence-corrected chi connectivity index (χ4v) is 5.29. The number of anilines is 1. The molecule has 0 radical (unpaired) electrons. The number of carbonyl (C=O) groups is 1. The lowest BCUT2D eigenvalue weighted by Gasteiger charge is -2.21. The van der Waals surface area contributed by atoms with Gasteiger partial charge in [0.1, 0.15) is 18.1 Å². The number of nitrogens with one attached hydrogen (secondary N) is 1. The van der Waals surface area contributed by atoms with Gasteiger partial charge >= 0.3 is 0 Å². The van der Waals surface area contributed by atoms with Gasteiger partial charge in [0, 0.05) is 18.7 Å². The summed E-state index contributed by atoms with van der Waals surface area (Å²) in [6.45, 7) is 0.665. The number of ether oxygens (including phenoxy) is 1. The van der Waals surface area contributed by atoms with Crippen molar-refractivity contribution in [3.8, 4) is 17.1 Å². The second-order valence-corrected chi connectivity index (χ2v) is 9.82. The zero-order chi connectivity index (χ0) is 24.1. The van der Waals surface area contributed by atoms with E-state index in [1.165, 1.54) is 47.8 Å². The molecule has 1 saturated heterocycles. The minimum atomic E-state index is -3.70. The third-order valence-corrected chi connectivity index (χ3v) is 7.36. The Morgan fingerprint density at radius 2 is 1.88 bits per heavy atom. The van der Waals surface area contributed by atoms with Crippen LogP contribution in [0.4, 0.5) is 10.1 Å². The van der Waals surface area contributed by atoms with Crippen molar-refractivity contribution >= 4 is 21.6 Å². The fraction of sp³-hybridized carbons (Fsp3) is 0.364. The maximum Gasteiger partial charge on any atom is 0.248 e. The van der Waals surface area contributed by atoms with Crippen molar-refractivity contribution in [2.45, 2.75) is 37.1 Å². The van der Waals surface area contributed by atoms with Crippen LogP contribution in [0.25, 0.3) is 11.4 Å². The van der Waals surface area contributed by atoms with Gasteiger partial charge in [-0.1, -0.05) is 25.0 Å². The van der Waals surface area contributed by atoms with E-state index in [1.54, 1.807) is 6.07 Å². The van der Waals surface area contributed by atoms with Gasteiger partial charge in [0.05, 0.1) is 17.7 Å². The van der Waals surface area contributed by atoms with Crippen LogP contribution in [0.2, 0.25) is 0 Å². The zero-order valence-electron chi connectivity index (χ0n) is 18.6. The SMILES string of the molecule is COc1ccc(S(=O)(=O)N2CCCCCC2)cc1NC(=O)Cn1nnc(-c2cccc(F)c2)n1. The molecular weight excluding hydrogens is 463 g/mol. The average Bonchev–Trinajstić information content (AvgIpc) is 3.10. The van der Waals surface area contributed by atoms with Crippen molar-refractivity contribution in [2.75, 3.05) is 25.5 Å². The quantitative estimate of drug-likeness (QED) is 0.543. The van der Waals surface area contributed by atoms with Crippen LogP contribution in [0.15, 0.2) is 47.4 Å². The number of carbonyl (C=O) groups excluding carboxylic acids is 1. The van der Waals surface area contributed by atoms with E-state index in [9.17, 15) is 17.6 Å². The molecule has 0 saturated carbocycles. The van der Waals surface area contributed by atoms with Crippen molar-refractivity contribution in [3.63, 3.8) is 0 Å². The Bertz CT molecular complexity index is 1270. The maximum atomic E-state index is 13.4. The molecule has 0 aliphatic carbocycles. The molecule has 1 fully saturated rings. The number of tetrazole rings is 1. The van der Waals surface area contributed by atoms with Gasteiger partial charge in [-0.2, -0.15) is 9.10 Å². The molecular formula is C22H25FN6O4S.